The van der Waals surface area contributed by atoms with Crippen LogP contribution in [0.25, 0.3) is 0 Å². The molecule has 0 bridgehead atoms. The van der Waals surface area contributed by atoms with Gasteiger partial charge in [-0.15, -0.1) is 0 Å². The van der Waals surface area contributed by atoms with E-state index in [-0.39, 0.29) is 11.6 Å². The van der Waals surface area contributed by atoms with Crippen LogP contribution in [0.2, 0.25) is 0 Å². The Morgan fingerprint density at radius 3 is 2.24 bits per heavy atom. The average Bonchev–Trinajstić information content (AvgIpc) is 2.86. The number of rotatable bonds is 4. The molecule has 0 atom stereocenters. The van der Waals surface area contributed by atoms with Gasteiger partial charge in [0.2, 0.25) is 5.91 Å². The van der Waals surface area contributed by atoms with Crippen LogP contribution in [-0.2, 0) is 14.4 Å². The highest BCUT2D eigenvalue weighted by atomic mass is 16.5. The van der Waals surface area contributed by atoms with E-state index in [1.165, 1.54) is 19.2 Å². The van der Waals surface area contributed by atoms with Crippen LogP contribution in [-0.4, -0.2) is 60.3 Å². The maximum Gasteiger partial charge on any atom is 0.339 e. The topological polar surface area (TPSA) is 87.2 Å². The number of carbonyl (C=O) groups excluding carboxylic acids is 4. The van der Waals surface area contributed by atoms with Crippen LogP contribution >= 0.6 is 0 Å². The van der Waals surface area contributed by atoms with Crippen molar-refractivity contribution in [3.05, 3.63) is 24.3 Å². The van der Waals surface area contributed by atoms with Crippen LogP contribution in [0.4, 0.5) is 10.5 Å². The quantitative estimate of drug-likeness (QED) is 0.600. The van der Waals surface area contributed by atoms with Gasteiger partial charge in [-0.1, -0.05) is 0 Å². The molecule has 132 valence electrons. The van der Waals surface area contributed by atoms with Crippen molar-refractivity contribution in [1.82, 2.24) is 9.80 Å². The first-order valence-electron chi connectivity index (χ1n) is 8.14. The number of benzene rings is 1. The van der Waals surface area contributed by atoms with Crippen molar-refractivity contribution in [2.24, 2.45) is 0 Å². The SMILES string of the molecule is COc1ccc(N2C(=O)C(=O)N(CC(=O)N3CCCCC3)C2=O)cc1. The highest BCUT2D eigenvalue weighted by molar-refractivity contribution is 6.53. The number of ether oxygens (including phenoxy) is 1. The standard InChI is InChI=1S/C17H19N3O5/c1-25-13-7-5-12(6-8-13)20-16(23)15(22)19(17(20)24)11-14(21)18-9-3-2-4-10-18/h5-8H,2-4,9-11H2,1H3. The molecule has 0 saturated carbocycles. The monoisotopic (exact) mass is 345 g/mol. The fourth-order valence-electron chi connectivity index (χ4n) is 2.98. The first-order chi connectivity index (χ1) is 12.0. The Morgan fingerprint density at radius 1 is 1.00 bits per heavy atom. The number of anilines is 1. The molecule has 0 spiro atoms. The maximum atomic E-state index is 12.5. The second kappa shape index (κ2) is 6.92. The summed E-state index contributed by atoms with van der Waals surface area (Å²) in [5.74, 6) is -1.69. The first-order valence-corrected chi connectivity index (χ1v) is 8.14. The van der Waals surface area contributed by atoms with E-state index in [1.54, 1.807) is 17.0 Å². The summed E-state index contributed by atoms with van der Waals surface area (Å²) < 4.78 is 5.03. The van der Waals surface area contributed by atoms with E-state index in [1.807, 2.05) is 0 Å². The fourth-order valence-corrected chi connectivity index (χ4v) is 2.98. The van der Waals surface area contributed by atoms with Crippen LogP contribution < -0.4 is 9.64 Å². The van der Waals surface area contributed by atoms with E-state index in [9.17, 15) is 19.2 Å². The second-order valence-electron chi connectivity index (χ2n) is 5.95. The van der Waals surface area contributed by atoms with Crippen LogP contribution in [0, 0.1) is 0 Å². The number of nitrogens with zero attached hydrogens (tertiary/aromatic N) is 3. The number of amides is 5. The summed E-state index contributed by atoms with van der Waals surface area (Å²) in [6, 6.07) is 5.39. The highest BCUT2D eigenvalue weighted by Gasteiger charge is 2.46. The molecule has 2 heterocycles. The van der Waals surface area contributed by atoms with Crippen molar-refractivity contribution in [2.75, 3.05) is 31.6 Å². The lowest BCUT2D eigenvalue weighted by molar-refractivity contribution is -0.142. The molecule has 0 radical (unpaired) electrons. The summed E-state index contributed by atoms with van der Waals surface area (Å²) in [6.07, 6.45) is 2.88. The van der Waals surface area contributed by atoms with Gasteiger partial charge in [0.25, 0.3) is 0 Å². The molecule has 0 aromatic heterocycles. The summed E-state index contributed by atoms with van der Waals surface area (Å²) in [7, 11) is 1.50. The minimum absolute atomic E-state index is 0.261. The van der Waals surface area contributed by atoms with E-state index >= 15 is 0 Å². The summed E-state index contributed by atoms with van der Waals surface area (Å²) >= 11 is 0. The van der Waals surface area contributed by atoms with Crippen molar-refractivity contribution in [1.29, 1.82) is 0 Å². The molecule has 2 aliphatic heterocycles. The van der Waals surface area contributed by atoms with Crippen molar-refractivity contribution in [3.8, 4) is 5.75 Å². The number of carbonyl (C=O) groups is 4. The number of likely N-dealkylation sites (tertiary alicyclic amines) is 1. The number of piperidine rings is 1. The number of urea groups is 1. The van der Waals surface area contributed by atoms with Crippen LogP contribution in [0.1, 0.15) is 19.3 Å². The Bertz CT molecular complexity index is 709. The minimum Gasteiger partial charge on any atom is -0.497 e. The minimum atomic E-state index is -0.980. The molecule has 1 aromatic carbocycles. The summed E-state index contributed by atoms with van der Waals surface area (Å²) in [6.45, 7) is 0.826. The zero-order chi connectivity index (χ0) is 18.0. The summed E-state index contributed by atoms with van der Waals surface area (Å²) in [5.41, 5.74) is 0.261. The molecule has 1 aromatic rings. The zero-order valence-electron chi connectivity index (χ0n) is 13.9. The Labute approximate surface area is 144 Å². The normalized spacial score (nSPS) is 18.1. The lowest BCUT2D eigenvalue weighted by Crippen LogP contribution is -2.45. The Kier molecular flexibility index (Phi) is 4.69. The Morgan fingerprint density at radius 2 is 1.64 bits per heavy atom. The molecule has 2 fully saturated rings. The van der Waals surface area contributed by atoms with E-state index in [2.05, 4.69) is 0 Å². The average molecular weight is 345 g/mol. The van der Waals surface area contributed by atoms with E-state index in [4.69, 9.17) is 4.74 Å². The van der Waals surface area contributed by atoms with Gasteiger partial charge in [-0.05, 0) is 43.5 Å². The molecule has 0 N–H and O–H groups in total. The number of imide groups is 2. The molecular weight excluding hydrogens is 326 g/mol. The summed E-state index contributed by atoms with van der Waals surface area (Å²) in [5, 5.41) is 0. The number of methoxy groups -OCH3 is 1. The molecule has 2 saturated heterocycles. The lowest BCUT2D eigenvalue weighted by Gasteiger charge is -2.27. The van der Waals surface area contributed by atoms with Gasteiger partial charge in [0.05, 0.1) is 12.8 Å². The third kappa shape index (κ3) is 3.19. The predicted molar refractivity (Wildman–Crippen MR) is 88.0 cm³/mol. The van der Waals surface area contributed by atoms with E-state index < -0.39 is 24.4 Å². The summed E-state index contributed by atoms with van der Waals surface area (Å²) in [4.78, 5) is 52.3. The Hall–Kier alpha value is -2.90. The van der Waals surface area contributed by atoms with Gasteiger partial charge in [-0.25, -0.2) is 14.6 Å². The second-order valence-corrected chi connectivity index (χ2v) is 5.95. The first kappa shape index (κ1) is 16.9. The molecule has 3 rings (SSSR count). The van der Waals surface area contributed by atoms with E-state index in [0.29, 0.717) is 23.7 Å². The molecule has 0 unspecified atom stereocenters. The van der Waals surface area contributed by atoms with Crippen molar-refractivity contribution >= 4 is 29.4 Å². The van der Waals surface area contributed by atoms with E-state index in [0.717, 1.165) is 24.2 Å². The molecule has 0 aliphatic carbocycles. The molecule has 5 amide bonds. The lowest BCUT2D eigenvalue weighted by atomic mass is 10.1. The van der Waals surface area contributed by atoms with Gasteiger partial charge in [0.1, 0.15) is 12.3 Å². The molecular formula is C17H19N3O5. The van der Waals surface area contributed by atoms with Crippen LogP contribution in [0.3, 0.4) is 0 Å². The fraction of sp³-hybridized carbons (Fsp3) is 0.412. The van der Waals surface area contributed by atoms with Crippen molar-refractivity contribution in [2.45, 2.75) is 19.3 Å². The van der Waals surface area contributed by atoms with Crippen molar-refractivity contribution < 1.29 is 23.9 Å². The predicted octanol–water partition coefficient (Wildman–Crippen LogP) is 1.00. The van der Waals surface area contributed by atoms with Crippen LogP contribution in [0.15, 0.2) is 24.3 Å². The van der Waals surface area contributed by atoms with Gasteiger partial charge in [0, 0.05) is 13.1 Å². The largest absolute Gasteiger partial charge is 0.497 e. The van der Waals surface area contributed by atoms with Gasteiger partial charge in [0.15, 0.2) is 0 Å². The maximum absolute atomic E-state index is 12.5. The number of hydrogen-bond acceptors (Lipinski definition) is 5. The molecule has 2 aliphatic rings. The van der Waals surface area contributed by atoms with Crippen LogP contribution in [0.5, 0.6) is 5.75 Å². The number of hydrogen-bond donors (Lipinski definition) is 0. The van der Waals surface area contributed by atoms with Crippen molar-refractivity contribution in [3.63, 3.8) is 0 Å². The third-order valence-corrected chi connectivity index (χ3v) is 4.39. The van der Waals surface area contributed by atoms with Gasteiger partial charge < -0.3 is 9.64 Å². The molecule has 25 heavy (non-hydrogen) atoms. The zero-order valence-corrected chi connectivity index (χ0v) is 13.9. The highest BCUT2D eigenvalue weighted by Crippen LogP contribution is 2.24. The van der Waals surface area contributed by atoms with Gasteiger partial charge in [-0.2, -0.15) is 0 Å². The van der Waals surface area contributed by atoms with Gasteiger partial charge in [-0.3, -0.25) is 14.4 Å². The smallest absolute Gasteiger partial charge is 0.339 e. The molecule has 8 nitrogen and oxygen atoms in total. The third-order valence-electron chi connectivity index (χ3n) is 4.39. The van der Waals surface area contributed by atoms with Gasteiger partial charge >= 0.3 is 17.8 Å². The molecule has 8 heteroatoms. The Balaban J connectivity index is 1.75.